The summed E-state index contributed by atoms with van der Waals surface area (Å²) in [5, 5.41) is 6.48. The first-order valence-corrected chi connectivity index (χ1v) is 8.95. The molecule has 0 radical (unpaired) electrons. The highest BCUT2D eigenvalue weighted by Gasteiger charge is 2.21. The van der Waals surface area contributed by atoms with Crippen LogP contribution >= 0.6 is 12.2 Å². The molecule has 0 aliphatic heterocycles. The van der Waals surface area contributed by atoms with Gasteiger partial charge < -0.3 is 10.6 Å². The fourth-order valence-electron chi connectivity index (χ4n) is 1.83. The van der Waals surface area contributed by atoms with Gasteiger partial charge in [0.1, 0.15) is 0 Å². The Balaban J connectivity index is 2.79. The second kappa shape index (κ2) is 8.26. The highest BCUT2D eigenvalue weighted by Crippen LogP contribution is 2.18. The zero-order valence-electron chi connectivity index (χ0n) is 13.2. The molecule has 22 heavy (non-hydrogen) atoms. The van der Waals surface area contributed by atoms with Gasteiger partial charge in [0.2, 0.25) is 10.0 Å². The van der Waals surface area contributed by atoms with Crippen LogP contribution in [0.3, 0.4) is 0 Å². The molecule has 0 atom stereocenters. The number of hydrogen-bond donors (Lipinski definition) is 2. The van der Waals surface area contributed by atoms with Gasteiger partial charge in [0.15, 0.2) is 5.11 Å². The van der Waals surface area contributed by atoms with Crippen molar-refractivity contribution in [3.05, 3.63) is 36.4 Å². The Kier molecular flexibility index (Phi) is 6.99. The average Bonchev–Trinajstić information content (AvgIpc) is 2.46. The third kappa shape index (κ3) is 5.08. The minimum Gasteiger partial charge on any atom is -0.359 e. The molecule has 0 fully saturated rings. The Bertz CT molecular complexity index is 621. The van der Waals surface area contributed by atoms with Crippen LogP contribution in [-0.4, -0.2) is 37.5 Å². The van der Waals surface area contributed by atoms with Gasteiger partial charge in [0.05, 0.1) is 4.90 Å². The lowest BCUT2D eigenvalue weighted by atomic mass is 10.3. The minimum atomic E-state index is -3.42. The van der Waals surface area contributed by atoms with Crippen LogP contribution in [0.25, 0.3) is 0 Å². The summed E-state index contributed by atoms with van der Waals surface area (Å²) in [7, 11) is -3.42. The molecule has 1 aromatic carbocycles. The van der Waals surface area contributed by atoms with Crippen molar-refractivity contribution < 1.29 is 8.42 Å². The van der Waals surface area contributed by atoms with Crippen LogP contribution in [0.15, 0.2) is 41.3 Å². The first-order chi connectivity index (χ1) is 10.3. The molecule has 122 valence electrons. The largest absolute Gasteiger partial charge is 0.359 e. The van der Waals surface area contributed by atoms with Gasteiger partial charge in [-0.2, -0.15) is 4.31 Å². The van der Waals surface area contributed by atoms with E-state index in [9.17, 15) is 8.42 Å². The van der Waals surface area contributed by atoms with E-state index in [1.807, 2.05) is 20.8 Å². The van der Waals surface area contributed by atoms with Crippen molar-refractivity contribution >= 4 is 33.0 Å². The summed E-state index contributed by atoms with van der Waals surface area (Å²) in [5.74, 6) is 0. The Labute approximate surface area is 138 Å². The molecule has 2 N–H and O–H groups in total. The molecule has 7 heteroatoms. The topological polar surface area (TPSA) is 61.4 Å². The molecule has 1 rings (SSSR count). The summed E-state index contributed by atoms with van der Waals surface area (Å²) in [6.45, 7) is 10.8. The molecule has 0 saturated carbocycles. The van der Waals surface area contributed by atoms with Crippen LogP contribution in [0.4, 0.5) is 5.69 Å². The smallest absolute Gasteiger partial charge is 0.243 e. The maximum Gasteiger partial charge on any atom is 0.243 e. The highest BCUT2D eigenvalue weighted by molar-refractivity contribution is 7.89. The summed E-state index contributed by atoms with van der Waals surface area (Å²) >= 11 is 5.15. The quantitative estimate of drug-likeness (QED) is 0.590. The van der Waals surface area contributed by atoms with E-state index in [4.69, 9.17) is 12.2 Å². The Morgan fingerprint density at radius 2 is 1.77 bits per heavy atom. The van der Waals surface area contributed by atoms with Gasteiger partial charge in [-0.3, -0.25) is 0 Å². The standard InChI is InChI=1S/C15H23N3O2S2/c1-5-18(6-2)22(19,20)14-9-7-13(8-10-14)17-15(21)16-11-12(3)4/h7-10H,3,5-6,11H2,1-2,4H3,(H2,16,17,21). The monoisotopic (exact) mass is 341 g/mol. The number of rotatable bonds is 7. The summed E-state index contributed by atoms with van der Waals surface area (Å²) < 4.78 is 26.2. The van der Waals surface area contributed by atoms with E-state index in [1.54, 1.807) is 24.3 Å². The van der Waals surface area contributed by atoms with Gasteiger partial charge in [-0.25, -0.2) is 8.42 Å². The van der Waals surface area contributed by atoms with Crippen molar-refractivity contribution in [2.45, 2.75) is 25.7 Å². The lowest BCUT2D eigenvalue weighted by molar-refractivity contribution is 0.445. The fraction of sp³-hybridized carbons (Fsp3) is 0.400. The van der Waals surface area contributed by atoms with E-state index in [0.717, 1.165) is 11.3 Å². The van der Waals surface area contributed by atoms with Gasteiger partial charge in [0.25, 0.3) is 0 Å². The zero-order chi connectivity index (χ0) is 16.8. The Morgan fingerprint density at radius 3 is 2.23 bits per heavy atom. The number of sulfonamides is 1. The van der Waals surface area contributed by atoms with E-state index in [-0.39, 0.29) is 4.90 Å². The third-order valence-corrected chi connectivity index (χ3v) is 5.32. The normalized spacial score (nSPS) is 11.3. The molecule has 1 aromatic rings. The molecule has 0 aromatic heterocycles. The minimum absolute atomic E-state index is 0.280. The number of benzene rings is 1. The van der Waals surface area contributed by atoms with Crippen molar-refractivity contribution in [1.82, 2.24) is 9.62 Å². The van der Waals surface area contributed by atoms with Crippen LogP contribution in [-0.2, 0) is 10.0 Å². The van der Waals surface area contributed by atoms with Crippen molar-refractivity contribution in [3.63, 3.8) is 0 Å². The number of hydrogen-bond acceptors (Lipinski definition) is 3. The predicted molar refractivity (Wildman–Crippen MR) is 95.6 cm³/mol. The first kappa shape index (κ1) is 18.6. The number of nitrogens with zero attached hydrogens (tertiary/aromatic N) is 1. The molecule has 5 nitrogen and oxygen atoms in total. The van der Waals surface area contributed by atoms with E-state index in [2.05, 4.69) is 17.2 Å². The maximum absolute atomic E-state index is 12.4. The summed E-state index contributed by atoms with van der Waals surface area (Å²) in [4.78, 5) is 0.280. The molecule has 0 bridgehead atoms. The predicted octanol–water partition coefficient (Wildman–Crippen LogP) is 2.58. The summed E-state index contributed by atoms with van der Waals surface area (Å²) in [6, 6.07) is 6.56. The van der Waals surface area contributed by atoms with E-state index < -0.39 is 10.0 Å². The van der Waals surface area contributed by atoms with Crippen LogP contribution in [0, 0.1) is 0 Å². The Morgan fingerprint density at radius 1 is 1.23 bits per heavy atom. The van der Waals surface area contributed by atoms with Crippen LogP contribution in [0.2, 0.25) is 0 Å². The second-order valence-corrected chi connectivity index (χ2v) is 7.22. The molecule has 0 spiro atoms. The van der Waals surface area contributed by atoms with Gasteiger partial charge in [-0.15, -0.1) is 0 Å². The first-order valence-electron chi connectivity index (χ1n) is 7.10. The van der Waals surface area contributed by atoms with E-state index in [1.165, 1.54) is 4.31 Å². The molecule has 0 heterocycles. The summed E-state index contributed by atoms with van der Waals surface area (Å²) in [6.07, 6.45) is 0. The van der Waals surface area contributed by atoms with Gasteiger partial charge in [-0.05, 0) is 43.4 Å². The molecule has 0 aliphatic carbocycles. The lowest BCUT2D eigenvalue weighted by Crippen LogP contribution is -2.31. The van der Waals surface area contributed by atoms with Crippen LogP contribution in [0.1, 0.15) is 20.8 Å². The van der Waals surface area contributed by atoms with Gasteiger partial charge in [-0.1, -0.05) is 26.0 Å². The average molecular weight is 342 g/mol. The van der Waals surface area contributed by atoms with E-state index in [0.29, 0.717) is 24.7 Å². The molecule has 0 saturated heterocycles. The number of nitrogens with one attached hydrogen (secondary N) is 2. The highest BCUT2D eigenvalue weighted by atomic mass is 32.2. The van der Waals surface area contributed by atoms with Crippen molar-refractivity contribution in [2.75, 3.05) is 25.0 Å². The second-order valence-electron chi connectivity index (χ2n) is 4.88. The van der Waals surface area contributed by atoms with Crippen LogP contribution in [0.5, 0.6) is 0 Å². The molecule has 0 aliphatic rings. The SMILES string of the molecule is C=C(C)CNC(=S)Nc1ccc(S(=O)(=O)N(CC)CC)cc1. The van der Waals surface area contributed by atoms with Crippen LogP contribution < -0.4 is 10.6 Å². The maximum atomic E-state index is 12.4. The zero-order valence-corrected chi connectivity index (χ0v) is 14.9. The molecular weight excluding hydrogens is 318 g/mol. The van der Waals surface area contributed by atoms with E-state index >= 15 is 0 Å². The number of anilines is 1. The molecule has 0 amide bonds. The van der Waals surface area contributed by atoms with Gasteiger partial charge in [0, 0.05) is 25.3 Å². The Hall–Kier alpha value is -1.44. The van der Waals surface area contributed by atoms with Crippen molar-refractivity contribution in [1.29, 1.82) is 0 Å². The lowest BCUT2D eigenvalue weighted by Gasteiger charge is -2.18. The molecular formula is C15H23N3O2S2. The number of thiocarbonyl (C=S) groups is 1. The fourth-order valence-corrected chi connectivity index (χ4v) is 3.48. The van der Waals surface area contributed by atoms with Crippen molar-refractivity contribution in [3.8, 4) is 0 Å². The van der Waals surface area contributed by atoms with Gasteiger partial charge >= 0.3 is 0 Å². The summed E-state index contributed by atoms with van der Waals surface area (Å²) in [5.41, 5.74) is 1.71. The van der Waals surface area contributed by atoms with Crippen molar-refractivity contribution in [2.24, 2.45) is 0 Å². The third-order valence-electron chi connectivity index (χ3n) is 3.01. The molecule has 0 unspecified atom stereocenters.